The minimum atomic E-state index is -0.203. The fourth-order valence-corrected chi connectivity index (χ4v) is 4.04. The number of hydrogen-bond donors (Lipinski definition) is 1. The predicted octanol–water partition coefficient (Wildman–Crippen LogP) is 3.52. The topological polar surface area (TPSA) is 35.9 Å². The molecular weight excluding hydrogens is 355 g/mol. The van der Waals surface area contributed by atoms with Crippen LogP contribution in [-0.2, 0) is 13.1 Å². The average molecular weight is 387 g/mol. The van der Waals surface area contributed by atoms with Crippen molar-refractivity contribution in [2.24, 2.45) is 0 Å². The zero-order valence-electron chi connectivity index (χ0n) is 17.1. The Morgan fingerprint density at radius 3 is 2.50 bits per heavy atom. The maximum absolute atomic E-state index is 13.2. The lowest BCUT2D eigenvalue weighted by molar-refractivity contribution is 0.0499. The standard InChI is InChI=1S/C23H31FN2O2/c1-17-13-23(28-3)18(2)12-20(17)15-25-9-10-26(22(16-25)8-11-27)14-19-4-6-21(24)7-5-19/h4-7,12-13,22,27H,8-11,14-16H2,1-3H3/t22-/m1/s1. The Kier molecular flexibility index (Phi) is 7.05. The smallest absolute Gasteiger partial charge is 0.123 e. The van der Waals surface area contributed by atoms with E-state index in [1.807, 2.05) is 12.1 Å². The SMILES string of the molecule is COc1cc(C)c(CN2CCN(Cc3ccc(F)cc3)[C@H](CCO)C2)cc1C. The third kappa shape index (κ3) is 5.10. The highest BCUT2D eigenvalue weighted by molar-refractivity contribution is 5.41. The first-order valence-corrected chi connectivity index (χ1v) is 9.96. The van der Waals surface area contributed by atoms with E-state index in [2.05, 4.69) is 35.8 Å². The third-order valence-corrected chi connectivity index (χ3v) is 5.70. The minimum Gasteiger partial charge on any atom is -0.496 e. The summed E-state index contributed by atoms with van der Waals surface area (Å²) in [5.41, 5.74) is 4.84. The maximum atomic E-state index is 13.2. The van der Waals surface area contributed by atoms with Crippen molar-refractivity contribution in [3.63, 3.8) is 0 Å². The quantitative estimate of drug-likeness (QED) is 0.790. The molecule has 1 saturated heterocycles. The highest BCUT2D eigenvalue weighted by Crippen LogP contribution is 2.25. The van der Waals surface area contributed by atoms with Crippen LogP contribution in [-0.4, -0.2) is 54.3 Å². The van der Waals surface area contributed by atoms with Gasteiger partial charge >= 0.3 is 0 Å². The van der Waals surface area contributed by atoms with Crippen LogP contribution in [0.25, 0.3) is 0 Å². The van der Waals surface area contributed by atoms with Gasteiger partial charge in [0.2, 0.25) is 0 Å². The van der Waals surface area contributed by atoms with E-state index >= 15 is 0 Å². The number of benzene rings is 2. The van der Waals surface area contributed by atoms with Crippen molar-refractivity contribution in [3.05, 3.63) is 64.5 Å². The van der Waals surface area contributed by atoms with E-state index in [0.717, 1.165) is 56.0 Å². The van der Waals surface area contributed by atoms with Crippen molar-refractivity contribution in [1.29, 1.82) is 0 Å². The molecule has 0 unspecified atom stereocenters. The Hall–Kier alpha value is -1.95. The molecule has 28 heavy (non-hydrogen) atoms. The van der Waals surface area contributed by atoms with Gasteiger partial charge in [-0.3, -0.25) is 9.80 Å². The molecule has 0 spiro atoms. The molecule has 0 aliphatic carbocycles. The molecule has 0 aromatic heterocycles. The van der Waals surface area contributed by atoms with Crippen molar-refractivity contribution < 1.29 is 14.2 Å². The van der Waals surface area contributed by atoms with E-state index in [0.29, 0.717) is 6.04 Å². The summed E-state index contributed by atoms with van der Waals surface area (Å²) in [4.78, 5) is 4.88. The molecule has 2 aromatic rings. The molecule has 0 radical (unpaired) electrons. The zero-order chi connectivity index (χ0) is 20.1. The molecule has 0 amide bonds. The van der Waals surface area contributed by atoms with Crippen LogP contribution in [0.4, 0.5) is 4.39 Å². The summed E-state index contributed by atoms with van der Waals surface area (Å²) in [6, 6.07) is 11.4. The van der Waals surface area contributed by atoms with Crippen molar-refractivity contribution in [3.8, 4) is 5.75 Å². The van der Waals surface area contributed by atoms with Gasteiger partial charge in [-0.25, -0.2) is 4.39 Å². The van der Waals surface area contributed by atoms with Gasteiger partial charge in [0.15, 0.2) is 0 Å². The number of halogens is 1. The molecule has 1 atom stereocenters. The van der Waals surface area contributed by atoms with Gasteiger partial charge in [-0.2, -0.15) is 0 Å². The summed E-state index contributed by atoms with van der Waals surface area (Å²) in [7, 11) is 1.71. The largest absolute Gasteiger partial charge is 0.496 e. The summed E-state index contributed by atoms with van der Waals surface area (Å²) in [5, 5.41) is 9.54. The molecule has 5 heteroatoms. The van der Waals surface area contributed by atoms with Crippen LogP contribution in [0, 0.1) is 19.7 Å². The predicted molar refractivity (Wildman–Crippen MR) is 110 cm³/mol. The van der Waals surface area contributed by atoms with Gasteiger partial charge in [-0.15, -0.1) is 0 Å². The molecule has 0 saturated carbocycles. The molecule has 4 nitrogen and oxygen atoms in total. The van der Waals surface area contributed by atoms with Crippen molar-refractivity contribution >= 4 is 0 Å². The van der Waals surface area contributed by atoms with Gasteiger partial charge in [0.1, 0.15) is 11.6 Å². The number of hydrogen-bond acceptors (Lipinski definition) is 4. The Balaban J connectivity index is 1.66. The highest BCUT2D eigenvalue weighted by atomic mass is 19.1. The van der Waals surface area contributed by atoms with Crippen LogP contribution in [0.5, 0.6) is 5.75 Å². The van der Waals surface area contributed by atoms with E-state index in [9.17, 15) is 9.50 Å². The molecule has 1 N–H and O–H groups in total. The maximum Gasteiger partial charge on any atom is 0.123 e. The second-order valence-corrected chi connectivity index (χ2v) is 7.75. The van der Waals surface area contributed by atoms with Crippen molar-refractivity contribution in [2.75, 3.05) is 33.4 Å². The number of piperazine rings is 1. The van der Waals surface area contributed by atoms with E-state index in [1.165, 1.54) is 23.3 Å². The summed E-state index contributed by atoms with van der Waals surface area (Å²) in [5.74, 6) is 0.731. The average Bonchev–Trinajstić information content (AvgIpc) is 2.68. The van der Waals surface area contributed by atoms with Gasteiger partial charge in [0, 0.05) is 45.4 Å². The number of aryl methyl sites for hydroxylation is 2. The van der Waals surface area contributed by atoms with E-state index in [-0.39, 0.29) is 12.4 Å². The summed E-state index contributed by atoms with van der Waals surface area (Å²) >= 11 is 0. The fraction of sp³-hybridized carbons (Fsp3) is 0.478. The molecule has 1 fully saturated rings. The minimum absolute atomic E-state index is 0.180. The van der Waals surface area contributed by atoms with E-state index in [4.69, 9.17) is 4.74 Å². The van der Waals surface area contributed by atoms with Gasteiger partial charge < -0.3 is 9.84 Å². The van der Waals surface area contributed by atoms with E-state index in [1.54, 1.807) is 7.11 Å². The normalized spacial score (nSPS) is 18.4. The van der Waals surface area contributed by atoms with Gasteiger partial charge in [-0.1, -0.05) is 18.2 Å². The lowest BCUT2D eigenvalue weighted by Gasteiger charge is -2.41. The second kappa shape index (κ2) is 9.50. The van der Waals surface area contributed by atoms with Gasteiger partial charge in [0.25, 0.3) is 0 Å². The molecule has 1 heterocycles. The van der Waals surface area contributed by atoms with E-state index < -0.39 is 0 Å². The first kappa shape index (κ1) is 20.8. The summed E-state index contributed by atoms with van der Waals surface area (Å²) in [6.07, 6.45) is 0.748. The Morgan fingerprint density at radius 2 is 1.82 bits per heavy atom. The molecule has 2 aromatic carbocycles. The van der Waals surface area contributed by atoms with Crippen molar-refractivity contribution in [1.82, 2.24) is 9.80 Å². The lowest BCUT2D eigenvalue weighted by atomic mass is 10.0. The Labute approximate surface area is 167 Å². The van der Waals surface area contributed by atoms with Crippen LogP contribution < -0.4 is 4.74 Å². The Morgan fingerprint density at radius 1 is 1.07 bits per heavy atom. The van der Waals surface area contributed by atoms with Crippen LogP contribution in [0.2, 0.25) is 0 Å². The number of aliphatic hydroxyl groups is 1. The van der Waals surface area contributed by atoms with Gasteiger partial charge in [0.05, 0.1) is 7.11 Å². The molecular formula is C23H31FN2O2. The van der Waals surface area contributed by atoms with Crippen LogP contribution in [0.15, 0.2) is 36.4 Å². The van der Waals surface area contributed by atoms with Crippen molar-refractivity contribution in [2.45, 2.75) is 39.4 Å². The molecule has 1 aliphatic heterocycles. The molecule has 152 valence electrons. The molecule has 1 aliphatic rings. The summed E-state index contributed by atoms with van der Waals surface area (Å²) < 4.78 is 18.6. The number of nitrogens with zero attached hydrogens (tertiary/aromatic N) is 2. The first-order valence-electron chi connectivity index (χ1n) is 9.96. The molecule has 0 bridgehead atoms. The third-order valence-electron chi connectivity index (χ3n) is 5.70. The number of methoxy groups -OCH3 is 1. The first-order chi connectivity index (χ1) is 13.5. The second-order valence-electron chi connectivity index (χ2n) is 7.75. The lowest BCUT2D eigenvalue weighted by Crippen LogP contribution is -2.52. The van der Waals surface area contributed by atoms with Gasteiger partial charge in [-0.05, 0) is 60.7 Å². The Bertz CT molecular complexity index is 779. The monoisotopic (exact) mass is 386 g/mol. The number of rotatable bonds is 7. The molecule has 3 rings (SSSR count). The van der Waals surface area contributed by atoms with Crippen LogP contribution in [0.1, 0.15) is 28.7 Å². The fourth-order valence-electron chi connectivity index (χ4n) is 4.04. The van der Waals surface area contributed by atoms with Crippen LogP contribution in [0.3, 0.4) is 0 Å². The number of aliphatic hydroxyl groups excluding tert-OH is 1. The number of ether oxygens (including phenoxy) is 1. The zero-order valence-corrected chi connectivity index (χ0v) is 17.1. The van der Waals surface area contributed by atoms with Crippen LogP contribution >= 0.6 is 0 Å². The summed E-state index contributed by atoms with van der Waals surface area (Å²) in [6.45, 7) is 8.93. The highest BCUT2D eigenvalue weighted by Gasteiger charge is 2.27.